The number of methoxy groups -OCH3 is 2. The van der Waals surface area contributed by atoms with Gasteiger partial charge in [-0.1, -0.05) is 18.2 Å². The first-order valence-corrected chi connectivity index (χ1v) is 9.24. The zero-order chi connectivity index (χ0) is 19.4. The van der Waals surface area contributed by atoms with Crippen LogP contribution in [0.5, 0.6) is 11.5 Å². The Labute approximate surface area is 165 Å². The van der Waals surface area contributed by atoms with Crippen LogP contribution in [0, 0.1) is 0 Å². The summed E-state index contributed by atoms with van der Waals surface area (Å²) in [7, 11) is 3.14. The molecule has 142 valence electrons. The molecule has 3 aromatic rings. The number of ether oxygens (including phenoxy) is 2. The van der Waals surface area contributed by atoms with Gasteiger partial charge in [-0.2, -0.15) is 0 Å². The van der Waals surface area contributed by atoms with Gasteiger partial charge in [-0.25, -0.2) is 0 Å². The van der Waals surface area contributed by atoms with E-state index < -0.39 is 12.0 Å². The lowest BCUT2D eigenvalue weighted by Gasteiger charge is -2.16. The number of halogens is 1. The maximum absolute atomic E-state index is 11.7. The second-order valence-corrected chi connectivity index (χ2v) is 7.00. The molecule has 3 N–H and O–H groups in total. The molecule has 0 saturated heterocycles. The highest BCUT2D eigenvalue weighted by molar-refractivity contribution is 9.10. The normalized spacial score (nSPS) is 12.1. The largest absolute Gasteiger partial charge is 0.493 e. The SMILES string of the molecule is COc1cc(CN[C@@H](Cc2c[nH]c3ccccc23)C(=O)O)cc(Br)c1OC. The molecule has 0 spiro atoms. The summed E-state index contributed by atoms with van der Waals surface area (Å²) < 4.78 is 11.4. The number of hydrogen-bond acceptors (Lipinski definition) is 4. The molecule has 6 nitrogen and oxygen atoms in total. The predicted molar refractivity (Wildman–Crippen MR) is 108 cm³/mol. The van der Waals surface area contributed by atoms with E-state index in [1.165, 1.54) is 0 Å². The minimum Gasteiger partial charge on any atom is -0.493 e. The molecule has 1 heterocycles. The van der Waals surface area contributed by atoms with Crippen LogP contribution in [0.1, 0.15) is 11.1 Å². The molecule has 27 heavy (non-hydrogen) atoms. The number of fused-ring (bicyclic) bond motifs is 1. The van der Waals surface area contributed by atoms with Crippen molar-refractivity contribution in [1.82, 2.24) is 10.3 Å². The number of hydrogen-bond donors (Lipinski definition) is 3. The average molecular weight is 433 g/mol. The standard InChI is InChI=1S/C20H21BrN2O4/c1-26-18-8-12(7-15(21)19(18)27-2)10-22-17(20(24)25)9-13-11-23-16-6-4-3-5-14(13)16/h3-8,11,17,22-23H,9-10H2,1-2H3,(H,24,25)/t17-/m0/s1. The van der Waals surface area contributed by atoms with Gasteiger partial charge in [0.1, 0.15) is 6.04 Å². The third kappa shape index (κ3) is 4.26. The highest BCUT2D eigenvalue weighted by atomic mass is 79.9. The second-order valence-electron chi connectivity index (χ2n) is 6.15. The predicted octanol–water partition coefficient (Wildman–Crippen LogP) is 3.73. The van der Waals surface area contributed by atoms with Gasteiger partial charge >= 0.3 is 5.97 Å². The third-order valence-electron chi connectivity index (χ3n) is 4.44. The number of H-pyrrole nitrogens is 1. The van der Waals surface area contributed by atoms with E-state index >= 15 is 0 Å². The smallest absolute Gasteiger partial charge is 0.321 e. The van der Waals surface area contributed by atoms with Gasteiger partial charge in [0.05, 0.1) is 18.7 Å². The van der Waals surface area contributed by atoms with E-state index in [0.29, 0.717) is 24.5 Å². The minimum atomic E-state index is -0.889. The van der Waals surface area contributed by atoms with E-state index in [9.17, 15) is 9.90 Å². The van der Waals surface area contributed by atoms with Crippen molar-refractivity contribution in [3.05, 3.63) is 58.2 Å². The summed E-state index contributed by atoms with van der Waals surface area (Å²) in [5.41, 5.74) is 2.86. The van der Waals surface area contributed by atoms with Crippen molar-refractivity contribution in [2.24, 2.45) is 0 Å². The van der Waals surface area contributed by atoms with Gasteiger partial charge in [-0.15, -0.1) is 0 Å². The van der Waals surface area contributed by atoms with Crippen molar-refractivity contribution in [3.63, 3.8) is 0 Å². The molecule has 0 amide bonds. The van der Waals surface area contributed by atoms with Crippen molar-refractivity contribution in [2.75, 3.05) is 14.2 Å². The zero-order valence-corrected chi connectivity index (χ0v) is 16.7. The summed E-state index contributed by atoms with van der Waals surface area (Å²) in [6, 6.07) is 10.9. The van der Waals surface area contributed by atoms with Crippen molar-refractivity contribution < 1.29 is 19.4 Å². The zero-order valence-electron chi connectivity index (χ0n) is 15.1. The summed E-state index contributed by atoms with van der Waals surface area (Å²) in [5.74, 6) is 0.307. The van der Waals surface area contributed by atoms with Gasteiger partial charge < -0.3 is 24.9 Å². The molecule has 0 bridgehead atoms. The van der Waals surface area contributed by atoms with Crippen molar-refractivity contribution in [3.8, 4) is 11.5 Å². The van der Waals surface area contributed by atoms with E-state index in [1.54, 1.807) is 14.2 Å². The molecule has 0 fully saturated rings. The number of aromatic nitrogens is 1. The summed E-state index contributed by atoms with van der Waals surface area (Å²) in [4.78, 5) is 14.9. The Kier molecular flexibility index (Phi) is 6.03. The molecular weight excluding hydrogens is 412 g/mol. The number of carboxylic acids is 1. The molecule has 2 aromatic carbocycles. The van der Waals surface area contributed by atoms with Crippen LogP contribution < -0.4 is 14.8 Å². The molecule has 1 atom stereocenters. The fourth-order valence-electron chi connectivity index (χ4n) is 3.08. The number of carbonyl (C=O) groups is 1. The highest BCUT2D eigenvalue weighted by Gasteiger charge is 2.20. The van der Waals surface area contributed by atoms with Gasteiger partial charge in [0, 0.05) is 30.1 Å². The monoisotopic (exact) mass is 432 g/mol. The molecule has 0 unspecified atom stereocenters. The number of para-hydroxylation sites is 1. The van der Waals surface area contributed by atoms with Crippen LogP contribution in [0.3, 0.4) is 0 Å². The van der Waals surface area contributed by atoms with E-state index in [4.69, 9.17) is 9.47 Å². The topological polar surface area (TPSA) is 83.6 Å². The van der Waals surface area contributed by atoms with Gasteiger partial charge in [-0.05, 0) is 45.3 Å². The van der Waals surface area contributed by atoms with Crippen LogP contribution in [-0.4, -0.2) is 36.3 Å². The van der Waals surface area contributed by atoms with Crippen LogP contribution in [-0.2, 0) is 17.8 Å². The second kappa shape index (κ2) is 8.45. The van der Waals surface area contributed by atoms with Gasteiger partial charge in [0.25, 0.3) is 0 Å². The highest BCUT2D eigenvalue weighted by Crippen LogP contribution is 2.36. The number of nitrogens with one attached hydrogen (secondary N) is 2. The van der Waals surface area contributed by atoms with Crippen LogP contribution in [0.4, 0.5) is 0 Å². The molecule has 0 aliphatic rings. The molecular formula is C20H21BrN2O4. The first kappa shape index (κ1) is 19.3. The maximum Gasteiger partial charge on any atom is 0.321 e. The number of aliphatic carboxylic acids is 1. The summed E-state index contributed by atoms with van der Waals surface area (Å²) in [6.07, 6.45) is 2.25. The molecule has 0 aliphatic heterocycles. The van der Waals surface area contributed by atoms with E-state index in [0.717, 1.165) is 26.5 Å². The van der Waals surface area contributed by atoms with Gasteiger partial charge in [-0.3, -0.25) is 4.79 Å². The quantitative estimate of drug-likeness (QED) is 0.504. The number of carboxylic acid groups (broad SMARTS) is 1. The first-order chi connectivity index (χ1) is 13.0. The Hall–Kier alpha value is -2.51. The Morgan fingerprint density at radius 3 is 2.74 bits per heavy atom. The summed E-state index contributed by atoms with van der Waals surface area (Å²) >= 11 is 3.46. The van der Waals surface area contributed by atoms with Crippen molar-refractivity contribution in [1.29, 1.82) is 0 Å². The summed E-state index contributed by atoms with van der Waals surface area (Å²) in [5, 5.41) is 13.8. The average Bonchev–Trinajstić information content (AvgIpc) is 3.07. The molecule has 0 radical (unpaired) electrons. The first-order valence-electron chi connectivity index (χ1n) is 8.45. The van der Waals surface area contributed by atoms with Crippen LogP contribution in [0.25, 0.3) is 10.9 Å². The Morgan fingerprint density at radius 2 is 2.04 bits per heavy atom. The van der Waals surface area contributed by atoms with Crippen molar-refractivity contribution in [2.45, 2.75) is 19.0 Å². The lowest BCUT2D eigenvalue weighted by Crippen LogP contribution is -2.38. The van der Waals surface area contributed by atoms with Crippen LogP contribution in [0.15, 0.2) is 47.1 Å². The van der Waals surface area contributed by atoms with Crippen LogP contribution in [0.2, 0.25) is 0 Å². The molecule has 3 rings (SSSR count). The lowest BCUT2D eigenvalue weighted by molar-refractivity contribution is -0.139. The molecule has 0 saturated carbocycles. The van der Waals surface area contributed by atoms with Crippen LogP contribution >= 0.6 is 15.9 Å². The van der Waals surface area contributed by atoms with E-state index in [2.05, 4.69) is 26.2 Å². The molecule has 1 aromatic heterocycles. The Bertz CT molecular complexity index is 954. The van der Waals surface area contributed by atoms with Gasteiger partial charge in [0.2, 0.25) is 0 Å². The van der Waals surface area contributed by atoms with Crippen molar-refractivity contribution >= 4 is 32.8 Å². The fourth-order valence-corrected chi connectivity index (χ4v) is 3.73. The minimum absolute atomic E-state index is 0.383. The maximum atomic E-state index is 11.7. The third-order valence-corrected chi connectivity index (χ3v) is 5.03. The van der Waals surface area contributed by atoms with Gasteiger partial charge in [0.15, 0.2) is 11.5 Å². The number of aromatic amines is 1. The Balaban J connectivity index is 1.76. The van der Waals surface area contributed by atoms with E-state index in [1.807, 2.05) is 42.6 Å². The summed E-state index contributed by atoms with van der Waals surface area (Å²) in [6.45, 7) is 0.387. The fraction of sp³-hybridized carbons (Fsp3) is 0.250. The van der Waals surface area contributed by atoms with E-state index in [-0.39, 0.29) is 0 Å². The molecule has 7 heteroatoms. The number of rotatable bonds is 8. The lowest BCUT2D eigenvalue weighted by atomic mass is 10.0. The molecule has 0 aliphatic carbocycles. The number of benzene rings is 2. The Morgan fingerprint density at radius 1 is 1.26 bits per heavy atom.